The van der Waals surface area contributed by atoms with E-state index in [1.54, 1.807) is 0 Å². The lowest BCUT2D eigenvalue weighted by molar-refractivity contribution is 0.0454. The third-order valence-electron chi connectivity index (χ3n) is 4.09. The van der Waals surface area contributed by atoms with Crippen molar-refractivity contribution < 1.29 is 8.91 Å². The average molecular weight is 276 g/mol. The Morgan fingerprint density at radius 3 is 3.05 bits per heavy atom. The molecule has 20 heavy (non-hydrogen) atoms. The van der Waals surface area contributed by atoms with Crippen LogP contribution in [0, 0.1) is 0 Å². The number of piperidine rings is 1. The SMILES string of the molecule is FC1CCCCN1CCCCc1noc2ccccc12. The summed E-state index contributed by atoms with van der Waals surface area (Å²) in [5.74, 6) is 0. The zero-order chi connectivity index (χ0) is 13.8. The van der Waals surface area contributed by atoms with Crippen LogP contribution in [0.1, 0.15) is 37.8 Å². The lowest BCUT2D eigenvalue weighted by atomic mass is 10.1. The maximum absolute atomic E-state index is 13.7. The zero-order valence-electron chi connectivity index (χ0n) is 11.7. The van der Waals surface area contributed by atoms with E-state index in [2.05, 4.69) is 5.16 Å². The molecule has 1 saturated heterocycles. The van der Waals surface area contributed by atoms with Gasteiger partial charge in [-0.1, -0.05) is 17.3 Å². The summed E-state index contributed by atoms with van der Waals surface area (Å²) in [4.78, 5) is 1.98. The van der Waals surface area contributed by atoms with E-state index in [-0.39, 0.29) is 0 Å². The van der Waals surface area contributed by atoms with Crippen molar-refractivity contribution in [1.82, 2.24) is 10.1 Å². The maximum Gasteiger partial charge on any atom is 0.167 e. The highest BCUT2D eigenvalue weighted by Gasteiger charge is 2.20. The number of fused-ring (bicyclic) bond motifs is 1. The molecule has 0 bridgehead atoms. The smallest absolute Gasteiger partial charge is 0.167 e. The zero-order valence-corrected chi connectivity index (χ0v) is 11.7. The highest BCUT2D eigenvalue weighted by atomic mass is 19.1. The highest BCUT2D eigenvalue weighted by molar-refractivity contribution is 5.79. The fourth-order valence-electron chi connectivity index (χ4n) is 2.93. The second-order valence-corrected chi connectivity index (χ2v) is 5.55. The standard InChI is InChI=1S/C16H21FN2O/c17-16-10-4-6-12-19(16)11-5-3-8-14-13-7-1-2-9-15(13)20-18-14/h1-2,7,9,16H,3-6,8,10-12H2. The number of hydrogen-bond donors (Lipinski definition) is 0. The van der Waals surface area contributed by atoms with Gasteiger partial charge in [0.1, 0.15) is 0 Å². The molecular formula is C16H21FN2O. The van der Waals surface area contributed by atoms with Gasteiger partial charge in [-0.2, -0.15) is 0 Å². The monoisotopic (exact) mass is 276 g/mol. The van der Waals surface area contributed by atoms with Crippen molar-refractivity contribution in [2.75, 3.05) is 13.1 Å². The van der Waals surface area contributed by atoms with Crippen molar-refractivity contribution in [3.63, 3.8) is 0 Å². The molecular weight excluding hydrogens is 255 g/mol. The van der Waals surface area contributed by atoms with Crippen LogP contribution in [0.5, 0.6) is 0 Å². The molecule has 1 fully saturated rings. The van der Waals surface area contributed by atoms with Crippen molar-refractivity contribution in [2.24, 2.45) is 0 Å². The van der Waals surface area contributed by atoms with E-state index in [9.17, 15) is 4.39 Å². The molecule has 1 aromatic carbocycles. The van der Waals surface area contributed by atoms with Gasteiger partial charge < -0.3 is 4.52 Å². The van der Waals surface area contributed by atoms with Crippen molar-refractivity contribution >= 4 is 11.0 Å². The summed E-state index contributed by atoms with van der Waals surface area (Å²) in [6.45, 7) is 1.77. The van der Waals surface area contributed by atoms with Gasteiger partial charge in [-0.05, 0) is 50.7 Å². The van der Waals surface area contributed by atoms with Crippen molar-refractivity contribution in [3.8, 4) is 0 Å². The second kappa shape index (κ2) is 6.35. The summed E-state index contributed by atoms with van der Waals surface area (Å²) < 4.78 is 18.9. The second-order valence-electron chi connectivity index (χ2n) is 5.55. The van der Waals surface area contributed by atoms with E-state index in [0.717, 1.165) is 61.9 Å². The summed E-state index contributed by atoms with van der Waals surface area (Å²) in [7, 11) is 0. The fraction of sp³-hybridized carbons (Fsp3) is 0.562. The molecule has 1 aliphatic rings. The predicted molar refractivity (Wildman–Crippen MR) is 77.3 cm³/mol. The minimum atomic E-state index is -0.725. The predicted octanol–water partition coefficient (Wildman–Crippen LogP) is 3.93. The summed E-state index contributed by atoms with van der Waals surface area (Å²) >= 11 is 0. The maximum atomic E-state index is 13.7. The third-order valence-corrected chi connectivity index (χ3v) is 4.09. The summed E-state index contributed by atoms with van der Waals surface area (Å²) in [5, 5.41) is 5.24. The number of rotatable bonds is 5. The van der Waals surface area contributed by atoms with E-state index in [1.165, 1.54) is 0 Å². The van der Waals surface area contributed by atoms with Crippen LogP contribution in [0.2, 0.25) is 0 Å². The number of benzene rings is 1. The summed E-state index contributed by atoms with van der Waals surface area (Å²) in [5.41, 5.74) is 1.87. The lowest BCUT2D eigenvalue weighted by Gasteiger charge is -2.30. The van der Waals surface area contributed by atoms with Crippen LogP contribution in [0.4, 0.5) is 4.39 Å². The molecule has 1 atom stereocenters. The van der Waals surface area contributed by atoms with Gasteiger partial charge in [0.2, 0.25) is 0 Å². The Bertz CT molecular complexity index is 554. The topological polar surface area (TPSA) is 29.3 Å². The fourth-order valence-corrected chi connectivity index (χ4v) is 2.93. The Hall–Kier alpha value is -1.42. The first-order chi connectivity index (χ1) is 9.84. The molecule has 2 heterocycles. The molecule has 4 heteroatoms. The molecule has 0 radical (unpaired) electrons. The van der Waals surface area contributed by atoms with Gasteiger partial charge in [-0.25, -0.2) is 4.39 Å². The molecule has 0 amide bonds. The quantitative estimate of drug-likeness (QED) is 0.612. The number of halogens is 1. The Labute approximate surface area is 118 Å². The number of aryl methyl sites for hydroxylation is 1. The van der Waals surface area contributed by atoms with Gasteiger partial charge in [0, 0.05) is 18.5 Å². The summed E-state index contributed by atoms with van der Waals surface area (Å²) in [6, 6.07) is 7.94. The van der Waals surface area contributed by atoms with Gasteiger partial charge in [-0.3, -0.25) is 4.90 Å². The molecule has 3 nitrogen and oxygen atoms in total. The number of hydrogen-bond acceptors (Lipinski definition) is 3. The van der Waals surface area contributed by atoms with Crippen LogP contribution in [0.3, 0.4) is 0 Å². The first kappa shape index (κ1) is 13.6. The van der Waals surface area contributed by atoms with Gasteiger partial charge >= 0.3 is 0 Å². The Balaban J connectivity index is 1.48. The molecule has 0 N–H and O–H groups in total. The third kappa shape index (κ3) is 3.01. The minimum Gasteiger partial charge on any atom is -0.356 e. The van der Waals surface area contributed by atoms with Crippen LogP contribution in [0.15, 0.2) is 28.8 Å². The van der Waals surface area contributed by atoms with Crippen molar-refractivity contribution in [1.29, 1.82) is 0 Å². The van der Waals surface area contributed by atoms with Gasteiger partial charge in [0.15, 0.2) is 11.9 Å². The minimum absolute atomic E-state index is 0.702. The molecule has 1 unspecified atom stereocenters. The van der Waals surface area contributed by atoms with Crippen molar-refractivity contribution in [2.45, 2.75) is 44.8 Å². The number of unbranched alkanes of at least 4 members (excludes halogenated alkanes) is 1. The highest BCUT2D eigenvalue weighted by Crippen LogP contribution is 2.21. The van der Waals surface area contributed by atoms with Crippen LogP contribution in [0.25, 0.3) is 11.0 Å². The van der Waals surface area contributed by atoms with Gasteiger partial charge in [0.25, 0.3) is 0 Å². The molecule has 0 saturated carbocycles. The Kier molecular flexibility index (Phi) is 4.31. The molecule has 1 aliphatic heterocycles. The molecule has 108 valence electrons. The average Bonchev–Trinajstić information content (AvgIpc) is 2.89. The largest absolute Gasteiger partial charge is 0.356 e. The van der Waals surface area contributed by atoms with Crippen LogP contribution >= 0.6 is 0 Å². The number of nitrogens with zero attached hydrogens (tertiary/aromatic N) is 2. The van der Waals surface area contributed by atoms with E-state index in [1.807, 2.05) is 29.2 Å². The van der Waals surface area contributed by atoms with Gasteiger partial charge in [-0.15, -0.1) is 0 Å². The number of aromatic nitrogens is 1. The van der Waals surface area contributed by atoms with Gasteiger partial charge in [0.05, 0.1) is 5.69 Å². The van der Waals surface area contributed by atoms with Crippen LogP contribution in [-0.4, -0.2) is 29.4 Å². The first-order valence-corrected chi connectivity index (χ1v) is 7.56. The van der Waals surface area contributed by atoms with E-state index in [0.29, 0.717) is 6.42 Å². The van der Waals surface area contributed by atoms with Crippen LogP contribution < -0.4 is 0 Å². The number of para-hydroxylation sites is 1. The lowest BCUT2D eigenvalue weighted by Crippen LogP contribution is -2.37. The Morgan fingerprint density at radius 1 is 1.25 bits per heavy atom. The number of likely N-dealkylation sites (tertiary alicyclic amines) is 1. The summed E-state index contributed by atoms with van der Waals surface area (Å²) in [6.07, 6.45) is 5.09. The van der Waals surface area contributed by atoms with Crippen molar-refractivity contribution in [3.05, 3.63) is 30.0 Å². The molecule has 0 spiro atoms. The Morgan fingerprint density at radius 2 is 2.15 bits per heavy atom. The molecule has 1 aromatic heterocycles. The first-order valence-electron chi connectivity index (χ1n) is 7.56. The molecule has 0 aliphatic carbocycles. The normalized spacial score (nSPS) is 20.6. The molecule has 3 rings (SSSR count). The van der Waals surface area contributed by atoms with Crippen LogP contribution in [-0.2, 0) is 6.42 Å². The van der Waals surface area contributed by atoms with E-state index < -0.39 is 6.30 Å². The van der Waals surface area contributed by atoms with E-state index >= 15 is 0 Å². The molecule has 2 aromatic rings. The van der Waals surface area contributed by atoms with E-state index in [4.69, 9.17) is 4.52 Å². The number of alkyl halides is 1.